The Labute approximate surface area is 121 Å². The van der Waals surface area contributed by atoms with E-state index in [1.807, 2.05) is 0 Å². The van der Waals surface area contributed by atoms with Gasteiger partial charge in [0.05, 0.1) is 13.1 Å². The van der Waals surface area contributed by atoms with Gasteiger partial charge in [0.15, 0.2) is 5.82 Å². The summed E-state index contributed by atoms with van der Waals surface area (Å²) < 4.78 is 32.4. The van der Waals surface area contributed by atoms with Gasteiger partial charge in [-0.25, -0.2) is 13.1 Å². The Hall–Kier alpha value is -1.78. The molecule has 0 aliphatic heterocycles. The number of sulfonamides is 1. The molecule has 0 radical (unpaired) electrons. The van der Waals surface area contributed by atoms with Gasteiger partial charge in [-0.2, -0.15) is 5.21 Å². The van der Waals surface area contributed by atoms with Crippen molar-refractivity contribution >= 4 is 10.0 Å². The summed E-state index contributed by atoms with van der Waals surface area (Å²) in [5, 5.41) is 16.3. The molecule has 0 bridgehead atoms. The van der Waals surface area contributed by atoms with E-state index in [4.69, 9.17) is 4.42 Å². The fourth-order valence-corrected chi connectivity index (χ4v) is 3.09. The van der Waals surface area contributed by atoms with Gasteiger partial charge < -0.3 is 9.73 Å². The number of nitrogens with one attached hydrogen (secondary N) is 3. The number of hydrogen-bond acceptors (Lipinski definition) is 7. The van der Waals surface area contributed by atoms with E-state index in [9.17, 15) is 8.42 Å². The Morgan fingerprint density at radius 3 is 2.90 bits per heavy atom. The lowest BCUT2D eigenvalue weighted by Gasteiger charge is -2.02. The van der Waals surface area contributed by atoms with Crippen LogP contribution in [0.25, 0.3) is 0 Å². The monoisotopic (exact) mass is 312 g/mol. The number of aryl methyl sites for hydroxylation is 1. The molecule has 1 saturated carbocycles. The van der Waals surface area contributed by atoms with Crippen LogP contribution in [0.5, 0.6) is 0 Å². The fourth-order valence-electron chi connectivity index (χ4n) is 1.91. The Morgan fingerprint density at radius 2 is 2.24 bits per heavy atom. The number of nitrogens with zero attached hydrogens (tertiary/aromatic N) is 3. The predicted octanol–water partition coefficient (Wildman–Crippen LogP) is -0.168. The van der Waals surface area contributed by atoms with Crippen molar-refractivity contribution in [1.82, 2.24) is 30.7 Å². The van der Waals surface area contributed by atoms with Crippen molar-refractivity contribution in [1.29, 1.82) is 0 Å². The maximum absolute atomic E-state index is 12.2. The zero-order valence-electron chi connectivity index (χ0n) is 11.5. The number of tetrazole rings is 1. The highest BCUT2D eigenvalue weighted by Crippen LogP contribution is 2.22. The predicted molar refractivity (Wildman–Crippen MR) is 71.5 cm³/mol. The van der Waals surface area contributed by atoms with Crippen LogP contribution < -0.4 is 10.0 Å². The molecular weight excluding hydrogens is 296 g/mol. The normalized spacial score (nSPS) is 15.5. The molecule has 21 heavy (non-hydrogen) atoms. The van der Waals surface area contributed by atoms with E-state index in [0.717, 1.165) is 12.8 Å². The number of hydrogen-bond donors (Lipinski definition) is 3. The van der Waals surface area contributed by atoms with Crippen LogP contribution in [0.15, 0.2) is 15.4 Å². The molecule has 1 aliphatic rings. The van der Waals surface area contributed by atoms with E-state index in [1.54, 1.807) is 13.0 Å². The van der Waals surface area contributed by atoms with Crippen molar-refractivity contribution in [2.24, 2.45) is 0 Å². The second-order valence-electron chi connectivity index (χ2n) is 4.94. The van der Waals surface area contributed by atoms with Crippen LogP contribution in [0.1, 0.15) is 30.2 Å². The van der Waals surface area contributed by atoms with Gasteiger partial charge in [0, 0.05) is 12.1 Å². The molecule has 3 rings (SSSR count). The van der Waals surface area contributed by atoms with E-state index in [0.29, 0.717) is 24.1 Å². The van der Waals surface area contributed by atoms with Gasteiger partial charge in [-0.3, -0.25) is 0 Å². The van der Waals surface area contributed by atoms with Crippen molar-refractivity contribution in [2.75, 3.05) is 0 Å². The Kier molecular flexibility index (Phi) is 3.74. The molecule has 0 spiro atoms. The van der Waals surface area contributed by atoms with Gasteiger partial charge in [0.1, 0.15) is 16.4 Å². The number of aromatic amines is 1. The van der Waals surface area contributed by atoms with Crippen LogP contribution in [0.4, 0.5) is 0 Å². The minimum absolute atomic E-state index is 0.0287. The molecule has 1 aliphatic carbocycles. The first-order valence-corrected chi connectivity index (χ1v) is 8.07. The molecule has 0 atom stereocenters. The summed E-state index contributed by atoms with van der Waals surface area (Å²) in [5.41, 5.74) is 0. The Balaban J connectivity index is 1.68. The van der Waals surface area contributed by atoms with Crippen LogP contribution in [0.3, 0.4) is 0 Å². The second kappa shape index (κ2) is 5.54. The van der Waals surface area contributed by atoms with Crippen molar-refractivity contribution in [3.05, 3.63) is 23.4 Å². The SMILES string of the molecule is Cc1oc(CNC2CC2)cc1S(=O)(=O)NCc1nn[nH]n1. The Bertz CT molecular complexity index is 704. The number of rotatable bonds is 7. The van der Waals surface area contributed by atoms with Crippen molar-refractivity contribution < 1.29 is 12.8 Å². The molecule has 0 aromatic carbocycles. The van der Waals surface area contributed by atoms with E-state index in [1.165, 1.54) is 0 Å². The molecule has 10 heteroatoms. The maximum atomic E-state index is 12.2. The highest BCUT2D eigenvalue weighted by Gasteiger charge is 2.24. The lowest BCUT2D eigenvalue weighted by molar-refractivity contribution is 0.456. The first-order chi connectivity index (χ1) is 10.0. The Morgan fingerprint density at radius 1 is 1.43 bits per heavy atom. The largest absolute Gasteiger partial charge is 0.464 e. The third kappa shape index (κ3) is 3.46. The molecule has 3 N–H and O–H groups in total. The second-order valence-corrected chi connectivity index (χ2v) is 6.68. The van der Waals surface area contributed by atoms with Crippen LogP contribution >= 0.6 is 0 Å². The standard InChI is InChI=1S/C11H16N6O3S/c1-7-10(4-9(20-7)5-12-8-2-3-8)21(18,19)13-6-11-14-16-17-15-11/h4,8,12-13H,2-3,5-6H2,1H3,(H,14,15,16,17). The van der Waals surface area contributed by atoms with Gasteiger partial charge in [-0.1, -0.05) is 5.21 Å². The number of furan rings is 1. The molecule has 0 saturated heterocycles. The van der Waals surface area contributed by atoms with Crippen molar-refractivity contribution in [3.8, 4) is 0 Å². The van der Waals surface area contributed by atoms with Crippen LogP contribution in [-0.4, -0.2) is 35.1 Å². The summed E-state index contributed by atoms with van der Waals surface area (Å²) in [6.07, 6.45) is 2.33. The van der Waals surface area contributed by atoms with Gasteiger partial charge in [0.25, 0.3) is 0 Å². The minimum Gasteiger partial charge on any atom is -0.464 e. The summed E-state index contributed by atoms with van der Waals surface area (Å²) in [6, 6.07) is 2.08. The third-order valence-corrected chi connectivity index (χ3v) is 4.67. The zero-order chi connectivity index (χ0) is 14.9. The third-order valence-electron chi connectivity index (χ3n) is 3.16. The quantitative estimate of drug-likeness (QED) is 0.648. The van der Waals surface area contributed by atoms with Crippen molar-refractivity contribution in [3.63, 3.8) is 0 Å². The molecule has 0 unspecified atom stereocenters. The number of aromatic nitrogens is 4. The molecule has 1 fully saturated rings. The first-order valence-electron chi connectivity index (χ1n) is 6.59. The zero-order valence-corrected chi connectivity index (χ0v) is 12.3. The summed E-state index contributed by atoms with van der Waals surface area (Å²) in [5.74, 6) is 1.25. The first kappa shape index (κ1) is 14.2. The van der Waals surface area contributed by atoms with Gasteiger partial charge in [-0.05, 0) is 19.8 Å². The molecule has 114 valence electrons. The minimum atomic E-state index is -3.66. The van der Waals surface area contributed by atoms with Crippen LogP contribution in [0, 0.1) is 6.92 Å². The van der Waals surface area contributed by atoms with Crippen LogP contribution in [0.2, 0.25) is 0 Å². The average Bonchev–Trinajstić information content (AvgIpc) is 2.97. The van der Waals surface area contributed by atoms with Gasteiger partial charge >= 0.3 is 0 Å². The highest BCUT2D eigenvalue weighted by atomic mass is 32.2. The van der Waals surface area contributed by atoms with E-state index >= 15 is 0 Å². The maximum Gasteiger partial charge on any atom is 0.244 e. The van der Waals surface area contributed by atoms with E-state index in [-0.39, 0.29) is 17.3 Å². The summed E-state index contributed by atoms with van der Waals surface area (Å²) in [6.45, 7) is 2.13. The van der Waals surface area contributed by atoms with Gasteiger partial charge in [-0.15, -0.1) is 10.2 Å². The smallest absolute Gasteiger partial charge is 0.244 e. The van der Waals surface area contributed by atoms with Crippen LogP contribution in [-0.2, 0) is 23.1 Å². The molecular formula is C11H16N6O3S. The summed E-state index contributed by atoms with van der Waals surface area (Å²) in [7, 11) is -3.66. The highest BCUT2D eigenvalue weighted by molar-refractivity contribution is 7.89. The molecule has 2 aromatic rings. The van der Waals surface area contributed by atoms with Gasteiger partial charge in [0.2, 0.25) is 10.0 Å². The average molecular weight is 312 g/mol. The summed E-state index contributed by atoms with van der Waals surface area (Å²) in [4.78, 5) is 0.138. The number of H-pyrrole nitrogens is 1. The topological polar surface area (TPSA) is 126 Å². The molecule has 2 heterocycles. The lowest BCUT2D eigenvalue weighted by Crippen LogP contribution is -2.24. The van der Waals surface area contributed by atoms with E-state index < -0.39 is 10.0 Å². The van der Waals surface area contributed by atoms with E-state index in [2.05, 4.69) is 30.7 Å². The molecule has 2 aromatic heterocycles. The molecule has 9 nitrogen and oxygen atoms in total. The molecule has 0 amide bonds. The lowest BCUT2D eigenvalue weighted by atomic mass is 10.4. The van der Waals surface area contributed by atoms with Crippen molar-refractivity contribution in [2.45, 2.75) is 43.8 Å². The fraction of sp³-hybridized carbons (Fsp3) is 0.545. The summed E-state index contributed by atoms with van der Waals surface area (Å²) >= 11 is 0.